The van der Waals surface area contributed by atoms with Crippen molar-refractivity contribution in [2.24, 2.45) is 0 Å². The van der Waals surface area contributed by atoms with E-state index in [4.69, 9.17) is 4.74 Å². The van der Waals surface area contributed by atoms with Gasteiger partial charge in [0.05, 0.1) is 18.8 Å². The molecule has 3 rings (SSSR count). The summed E-state index contributed by atoms with van der Waals surface area (Å²) in [7, 11) is 1.65. The number of rotatable bonds is 7. The minimum atomic E-state index is 0.00833. The van der Waals surface area contributed by atoms with E-state index in [1.807, 2.05) is 66.9 Å². The number of aromatic nitrogens is 1. The monoisotopic (exact) mass is 366 g/mol. The number of aryl methyl sites for hydroxylation is 1. The lowest BCUT2D eigenvalue weighted by Gasteiger charge is -2.13. The summed E-state index contributed by atoms with van der Waals surface area (Å²) >= 11 is 1.59. The van der Waals surface area contributed by atoms with E-state index in [1.54, 1.807) is 18.4 Å². The first kappa shape index (κ1) is 18.1. The number of hydrogen-bond acceptors (Lipinski definition) is 4. The second-order valence-electron chi connectivity index (χ2n) is 6.07. The van der Waals surface area contributed by atoms with Crippen LogP contribution in [0.5, 0.6) is 5.75 Å². The maximum absolute atomic E-state index is 12.2. The molecule has 1 amide bonds. The second kappa shape index (κ2) is 8.63. The first-order chi connectivity index (χ1) is 12.7. The highest BCUT2D eigenvalue weighted by molar-refractivity contribution is 7.13. The maximum Gasteiger partial charge on any atom is 0.220 e. The molecule has 0 aliphatic heterocycles. The van der Waals surface area contributed by atoms with Gasteiger partial charge in [-0.05, 0) is 43.2 Å². The fraction of sp³-hybridized carbons (Fsp3) is 0.238. The van der Waals surface area contributed by atoms with E-state index in [9.17, 15) is 4.79 Å². The molecule has 0 saturated heterocycles. The topological polar surface area (TPSA) is 51.2 Å². The molecule has 134 valence electrons. The van der Waals surface area contributed by atoms with Crippen LogP contribution in [-0.4, -0.2) is 18.0 Å². The number of carbonyl (C=O) groups excluding carboxylic acids is 1. The largest absolute Gasteiger partial charge is 0.497 e. The molecule has 0 bridgehead atoms. The standard InChI is InChI=1S/C21H22N2O2S/c1-15(16-6-4-3-5-7-16)22-20(24)13-10-18-14-26-21(23-18)17-8-11-19(25-2)12-9-17/h3-9,11-12,14-15H,10,13H2,1-2H3,(H,22,24). The lowest BCUT2D eigenvalue weighted by molar-refractivity contribution is -0.121. The number of amides is 1. The van der Waals surface area contributed by atoms with Gasteiger partial charge in [-0.1, -0.05) is 30.3 Å². The Hall–Kier alpha value is -2.66. The molecule has 1 atom stereocenters. The summed E-state index contributed by atoms with van der Waals surface area (Å²) in [6.07, 6.45) is 1.07. The van der Waals surface area contributed by atoms with Crippen molar-refractivity contribution in [3.8, 4) is 16.3 Å². The Morgan fingerprint density at radius 1 is 1.15 bits per heavy atom. The van der Waals surface area contributed by atoms with Crippen LogP contribution in [0.3, 0.4) is 0 Å². The van der Waals surface area contributed by atoms with Gasteiger partial charge in [-0.3, -0.25) is 4.79 Å². The van der Waals surface area contributed by atoms with Crippen molar-refractivity contribution in [2.45, 2.75) is 25.8 Å². The van der Waals surface area contributed by atoms with Gasteiger partial charge in [-0.25, -0.2) is 4.98 Å². The van der Waals surface area contributed by atoms with Gasteiger partial charge in [0.2, 0.25) is 5.91 Å². The van der Waals surface area contributed by atoms with Crippen molar-refractivity contribution in [1.82, 2.24) is 10.3 Å². The fourth-order valence-electron chi connectivity index (χ4n) is 2.67. The average molecular weight is 366 g/mol. The number of ether oxygens (including phenoxy) is 1. The van der Waals surface area contributed by atoms with Gasteiger partial charge in [0, 0.05) is 17.4 Å². The van der Waals surface area contributed by atoms with E-state index in [1.165, 1.54) is 0 Å². The Morgan fingerprint density at radius 2 is 1.88 bits per heavy atom. The number of nitrogens with zero attached hydrogens (tertiary/aromatic N) is 1. The van der Waals surface area contributed by atoms with Crippen LogP contribution >= 0.6 is 11.3 Å². The molecule has 2 aromatic carbocycles. The van der Waals surface area contributed by atoms with Gasteiger partial charge in [0.25, 0.3) is 0 Å². The van der Waals surface area contributed by atoms with E-state index in [-0.39, 0.29) is 11.9 Å². The van der Waals surface area contributed by atoms with Gasteiger partial charge < -0.3 is 10.1 Å². The van der Waals surface area contributed by atoms with Crippen LogP contribution in [0.4, 0.5) is 0 Å². The van der Waals surface area contributed by atoms with Crippen molar-refractivity contribution >= 4 is 17.2 Å². The number of nitrogens with one attached hydrogen (secondary N) is 1. The van der Waals surface area contributed by atoms with Crippen molar-refractivity contribution in [3.63, 3.8) is 0 Å². The second-order valence-corrected chi connectivity index (χ2v) is 6.93. The zero-order valence-corrected chi connectivity index (χ0v) is 15.8. The molecule has 0 aliphatic rings. The molecular weight excluding hydrogens is 344 g/mol. The third-order valence-electron chi connectivity index (χ3n) is 4.17. The number of hydrogen-bond donors (Lipinski definition) is 1. The number of thiazole rings is 1. The summed E-state index contributed by atoms with van der Waals surface area (Å²) in [6.45, 7) is 2.00. The Labute approximate surface area is 157 Å². The number of carbonyl (C=O) groups is 1. The number of benzene rings is 2. The Kier molecular flexibility index (Phi) is 6.02. The molecule has 3 aromatic rings. The zero-order chi connectivity index (χ0) is 18.4. The van der Waals surface area contributed by atoms with Gasteiger partial charge >= 0.3 is 0 Å². The molecule has 26 heavy (non-hydrogen) atoms. The Bertz CT molecular complexity index is 844. The summed E-state index contributed by atoms with van der Waals surface area (Å²) < 4.78 is 5.18. The third-order valence-corrected chi connectivity index (χ3v) is 5.11. The minimum absolute atomic E-state index is 0.00833. The maximum atomic E-state index is 12.2. The van der Waals surface area contributed by atoms with E-state index in [0.29, 0.717) is 12.8 Å². The van der Waals surface area contributed by atoms with Crippen LogP contribution in [0, 0.1) is 0 Å². The Balaban J connectivity index is 1.53. The molecule has 0 saturated carbocycles. The molecule has 1 unspecified atom stereocenters. The Morgan fingerprint density at radius 3 is 2.58 bits per heavy atom. The molecule has 1 N–H and O–H groups in total. The zero-order valence-electron chi connectivity index (χ0n) is 14.9. The van der Waals surface area contributed by atoms with Crippen LogP contribution in [-0.2, 0) is 11.2 Å². The van der Waals surface area contributed by atoms with E-state index >= 15 is 0 Å². The number of methoxy groups -OCH3 is 1. The molecule has 4 nitrogen and oxygen atoms in total. The molecule has 0 aliphatic carbocycles. The van der Waals surface area contributed by atoms with Gasteiger partial charge in [-0.15, -0.1) is 11.3 Å². The summed E-state index contributed by atoms with van der Waals surface area (Å²) in [6, 6.07) is 17.8. The first-order valence-electron chi connectivity index (χ1n) is 8.59. The minimum Gasteiger partial charge on any atom is -0.497 e. The average Bonchev–Trinajstić information content (AvgIpc) is 3.16. The molecule has 0 fully saturated rings. The predicted octanol–water partition coefficient (Wildman–Crippen LogP) is 4.63. The molecule has 1 heterocycles. The normalized spacial score (nSPS) is 11.8. The van der Waals surface area contributed by atoms with Crippen molar-refractivity contribution < 1.29 is 9.53 Å². The summed E-state index contributed by atoms with van der Waals surface area (Å²) in [4.78, 5) is 16.8. The first-order valence-corrected chi connectivity index (χ1v) is 9.47. The SMILES string of the molecule is COc1ccc(-c2nc(CCC(=O)NC(C)c3ccccc3)cs2)cc1. The van der Waals surface area contributed by atoms with Crippen LogP contribution < -0.4 is 10.1 Å². The van der Waals surface area contributed by atoms with E-state index in [0.717, 1.165) is 27.6 Å². The van der Waals surface area contributed by atoms with Crippen molar-refractivity contribution in [3.05, 3.63) is 71.2 Å². The van der Waals surface area contributed by atoms with Crippen molar-refractivity contribution in [2.75, 3.05) is 7.11 Å². The summed E-state index contributed by atoms with van der Waals surface area (Å²) in [5.41, 5.74) is 3.11. The van der Waals surface area contributed by atoms with Gasteiger partial charge in [0.15, 0.2) is 0 Å². The van der Waals surface area contributed by atoms with Crippen molar-refractivity contribution in [1.29, 1.82) is 0 Å². The quantitative estimate of drug-likeness (QED) is 0.663. The van der Waals surface area contributed by atoms with Crippen LogP contribution in [0.15, 0.2) is 60.0 Å². The van der Waals surface area contributed by atoms with E-state index < -0.39 is 0 Å². The molecule has 0 radical (unpaired) electrons. The predicted molar refractivity (Wildman–Crippen MR) is 105 cm³/mol. The lowest BCUT2D eigenvalue weighted by Crippen LogP contribution is -2.26. The van der Waals surface area contributed by atoms with Crippen LogP contribution in [0.1, 0.15) is 30.6 Å². The smallest absolute Gasteiger partial charge is 0.220 e. The highest BCUT2D eigenvalue weighted by atomic mass is 32.1. The molecular formula is C21H22N2O2S. The summed E-state index contributed by atoms with van der Waals surface area (Å²) in [5.74, 6) is 0.870. The fourth-order valence-corrected chi connectivity index (χ4v) is 3.53. The highest BCUT2D eigenvalue weighted by Crippen LogP contribution is 2.26. The van der Waals surface area contributed by atoms with Crippen LogP contribution in [0.2, 0.25) is 0 Å². The highest BCUT2D eigenvalue weighted by Gasteiger charge is 2.11. The van der Waals surface area contributed by atoms with E-state index in [2.05, 4.69) is 10.3 Å². The molecule has 1 aromatic heterocycles. The molecule has 5 heteroatoms. The lowest BCUT2D eigenvalue weighted by atomic mass is 10.1. The molecule has 0 spiro atoms. The third kappa shape index (κ3) is 4.70. The van der Waals surface area contributed by atoms with Gasteiger partial charge in [-0.2, -0.15) is 0 Å². The van der Waals surface area contributed by atoms with Gasteiger partial charge in [0.1, 0.15) is 10.8 Å². The van der Waals surface area contributed by atoms with Crippen LogP contribution in [0.25, 0.3) is 10.6 Å². The summed E-state index contributed by atoms with van der Waals surface area (Å²) in [5, 5.41) is 6.02.